The van der Waals surface area contributed by atoms with Crippen molar-refractivity contribution < 1.29 is 61.6 Å². The van der Waals surface area contributed by atoms with Crippen LogP contribution in [-0.2, 0) is 45.2 Å². The Balaban J connectivity index is 0.728. The number of anilines is 1. The van der Waals surface area contributed by atoms with E-state index in [9.17, 15) is 33.5 Å². The molecule has 26 heteroatoms. The van der Waals surface area contributed by atoms with Crippen LogP contribution in [0.5, 0.6) is 23.1 Å². The van der Waals surface area contributed by atoms with E-state index in [1.165, 1.54) is 34.7 Å². The normalized spacial score (nSPS) is 14.1. The van der Waals surface area contributed by atoms with E-state index in [0.717, 1.165) is 59.6 Å². The Morgan fingerprint density at radius 1 is 0.796 bits per heavy atom. The number of nitrogens with one attached hydrogen (secondary N) is 3. The molecule has 8 N–H and O–H groups in total. The van der Waals surface area contributed by atoms with Crippen molar-refractivity contribution >= 4 is 68.7 Å². The average Bonchev–Trinajstić information content (AvgIpc) is 1.59. The van der Waals surface area contributed by atoms with Crippen LogP contribution < -0.4 is 46.4 Å². The first-order valence-corrected chi connectivity index (χ1v) is 37.0. The van der Waals surface area contributed by atoms with E-state index in [1.807, 2.05) is 93.6 Å². The number of halogens is 2. The summed E-state index contributed by atoms with van der Waals surface area (Å²) in [6.07, 6.45) is 1.42. The molecule has 1 fully saturated rings. The zero-order valence-corrected chi connectivity index (χ0v) is 62.5. The molecule has 10 aromatic rings. The van der Waals surface area contributed by atoms with Crippen molar-refractivity contribution in [2.24, 2.45) is 17.4 Å². The van der Waals surface area contributed by atoms with Crippen LogP contribution in [0.15, 0.2) is 170 Å². The van der Waals surface area contributed by atoms with Crippen LogP contribution in [0.3, 0.4) is 0 Å². The third kappa shape index (κ3) is 18.1. The summed E-state index contributed by atoms with van der Waals surface area (Å²) in [4.78, 5) is 89.9. The molecule has 0 bridgehead atoms. The number of aliphatic carboxylic acids is 1. The summed E-state index contributed by atoms with van der Waals surface area (Å²) in [6, 6.07) is 45.5. The van der Waals surface area contributed by atoms with Crippen LogP contribution in [0.4, 0.5) is 19.7 Å². The molecule has 3 atom stereocenters. The summed E-state index contributed by atoms with van der Waals surface area (Å²) >= 11 is 8.65. The van der Waals surface area contributed by atoms with Gasteiger partial charge in [0.15, 0.2) is 5.82 Å². The van der Waals surface area contributed by atoms with Gasteiger partial charge in [-0.15, -0.1) is 11.3 Å². The van der Waals surface area contributed by atoms with E-state index in [1.54, 1.807) is 68.9 Å². The topological polar surface area (TPSA) is 298 Å². The molecule has 7 aromatic carbocycles. The van der Waals surface area contributed by atoms with Crippen LogP contribution in [0.2, 0.25) is 5.02 Å². The summed E-state index contributed by atoms with van der Waals surface area (Å²) in [5.74, 6) is -0.970. The Kier molecular flexibility index (Phi) is 24.6. The second-order valence-electron chi connectivity index (χ2n) is 27.7. The number of ether oxygens (including phenoxy) is 5. The minimum absolute atomic E-state index is 0.0207. The lowest BCUT2D eigenvalue weighted by molar-refractivity contribution is -0.926. The maximum Gasteiger partial charge on any atom is 0.409 e. The molecule has 0 saturated carbocycles. The molecule has 0 spiro atoms. The van der Waals surface area contributed by atoms with Gasteiger partial charge in [0.05, 0.1) is 55.0 Å². The van der Waals surface area contributed by atoms with Gasteiger partial charge < -0.3 is 65.6 Å². The highest BCUT2D eigenvalue weighted by atomic mass is 35.5. The number of benzene rings is 7. The molecule has 1 saturated heterocycles. The first-order valence-electron chi connectivity index (χ1n) is 35.8. The van der Waals surface area contributed by atoms with Gasteiger partial charge >= 0.3 is 18.1 Å². The first kappa shape index (κ1) is 76.6. The average molecular weight is 1500 g/mol. The number of primary amides is 1. The lowest BCUT2D eigenvalue weighted by Gasteiger charge is -2.42. The van der Waals surface area contributed by atoms with Gasteiger partial charge in [-0.25, -0.2) is 38.7 Å². The number of nitrogens with zero attached hydrogens (tertiary/aromatic N) is 7. The Hall–Kier alpha value is -11.1. The third-order valence-corrected chi connectivity index (χ3v) is 21.4. The Labute approximate surface area is 634 Å². The van der Waals surface area contributed by atoms with Crippen molar-refractivity contribution in [3.8, 4) is 67.2 Å². The van der Waals surface area contributed by atoms with Crippen LogP contribution in [-0.4, -0.2) is 161 Å². The Morgan fingerprint density at radius 2 is 1.49 bits per heavy atom. The largest absolute Gasteiger partial charge is 0.496 e. The van der Waals surface area contributed by atoms with Gasteiger partial charge in [0.25, 0.3) is 0 Å². The predicted octanol–water partition coefficient (Wildman–Crippen LogP) is 12.8. The quantitative estimate of drug-likeness (QED) is 0.0174. The minimum Gasteiger partial charge on any atom is -0.496 e. The van der Waals surface area contributed by atoms with Gasteiger partial charge in [0.2, 0.25) is 23.8 Å². The summed E-state index contributed by atoms with van der Waals surface area (Å²) in [5, 5.41) is 20.0. The fourth-order valence-electron chi connectivity index (χ4n) is 13.7. The van der Waals surface area contributed by atoms with E-state index in [0.29, 0.717) is 119 Å². The molecule has 5 amide bonds. The van der Waals surface area contributed by atoms with Gasteiger partial charge in [-0.05, 0) is 130 Å². The number of thiophene rings is 1. The molecular weight excluding hydrogens is 1420 g/mol. The molecule has 23 nitrogen and oxygen atoms in total. The smallest absolute Gasteiger partial charge is 0.409 e. The number of amides is 5. The molecule has 0 radical (unpaired) electrons. The van der Waals surface area contributed by atoms with Crippen LogP contribution in [0, 0.1) is 18.7 Å². The molecule has 108 heavy (non-hydrogen) atoms. The summed E-state index contributed by atoms with van der Waals surface area (Å²) < 4.78 is 46.2. The standard InChI is InChI=1S/C82H86ClFN12O11S/c1-49(2)73(85)77(98)93-65(22-15-34-88-81(86)101)76(97)92-56-30-27-53(54(42-56)44-94(4)82(102)106-47-64-61-19-10-8-17-59(61)60-18-9-11-20-62(60)64)45-96(5)39-36-95(37-40-96)38-41-104-68-32-31-58(50(3)72(68)83)70-71-78(89-48-90-79(71)108-74(70)51-25-28-55(84)29-26-51)107-69(80(99)100)43-52-16-7-13-23-66(52)105-46-57-33-35-87-75(91-57)63-21-12-14-24-67(63)103-6/h7-14,16-21,23-33,35,42,48-49,64-65,69,73H,15,22,34,36-41,43-47,85H2,1-6H3,(H5-,86,88,92,93,97,98,99,100,101)/p+1/t65?,69-,73?/m1/s1. The number of piperazine rings is 1. The van der Waals surface area contributed by atoms with E-state index in [4.69, 9.17) is 51.7 Å². The molecule has 2 aliphatic rings. The zero-order chi connectivity index (χ0) is 76.2. The molecule has 12 rings (SSSR count). The van der Waals surface area contributed by atoms with Gasteiger partial charge in [0.1, 0.15) is 66.6 Å². The summed E-state index contributed by atoms with van der Waals surface area (Å²) in [5.41, 5.74) is 22.6. The van der Waals surface area contributed by atoms with Gasteiger partial charge in [-0.2, -0.15) is 0 Å². The number of rotatable bonds is 31. The van der Waals surface area contributed by atoms with E-state index in [2.05, 4.69) is 67.1 Å². The number of hydrogen-bond donors (Lipinski definition) is 6. The van der Waals surface area contributed by atoms with E-state index >= 15 is 0 Å². The number of carboxylic acids is 1. The number of likely N-dealkylation sites (N-methyl/N-ethyl adjacent to an activating group) is 1. The number of nitrogens with two attached hydrogens (primary N) is 2. The Morgan fingerprint density at radius 3 is 2.19 bits per heavy atom. The van der Waals surface area contributed by atoms with Crippen molar-refractivity contribution in [2.45, 2.75) is 83.8 Å². The lowest BCUT2D eigenvalue weighted by atomic mass is 9.96. The van der Waals surface area contributed by atoms with Crippen molar-refractivity contribution in [2.75, 3.05) is 79.0 Å². The van der Waals surface area contributed by atoms with E-state index in [-0.39, 0.29) is 56.9 Å². The lowest BCUT2D eigenvalue weighted by Crippen LogP contribution is -2.57. The first-order chi connectivity index (χ1) is 52.1. The monoisotopic (exact) mass is 1500 g/mol. The predicted molar refractivity (Wildman–Crippen MR) is 413 cm³/mol. The maximum atomic E-state index is 14.6. The highest BCUT2D eigenvalue weighted by Gasteiger charge is 2.35. The number of para-hydroxylation sites is 2. The molecular formula is C82H87ClFN12O11S+. The molecule has 1 aliphatic heterocycles. The number of methoxy groups -OCH3 is 1. The number of urea groups is 1. The zero-order valence-electron chi connectivity index (χ0n) is 60.9. The highest BCUT2D eigenvalue weighted by Crippen LogP contribution is 2.50. The number of carboxylic acid groups (broad SMARTS) is 1. The van der Waals surface area contributed by atoms with Gasteiger partial charge in [0, 0.05) is 80.0 Å². The maximum absolute atomic E-state index is 14.6. The number of quaternary nitrogens is 1. The molecule has 2 unspecified atom stereocenters. The number of carbonyl (C=O) groups excluding carboxylic acids is 4. The molecule has 560 valence electrons. The molecule has 3 aromatic heterocycles. The van der Waals surface area contributed by atoms with Gasteiger partial charge in [-0.3, -0.25) is 14.5 Å². The van der Waals surface area contributed by atoms with Crippen LogP contribution in [0.1, 0.15) is 71.7 Å². The van der Waals surface area contributed by atoms with Crippen LogP contribution in [0.25, 0.3) is 54.3 Å². The number of aromatic nitrogens is 4. The second-order valence-corrected chi connectivity index (χ2v) is 29.0. The number of carbonyl (C=O) groups is 5. The SMILES string of the molecule is COc1ccccc1-c1nccc(COc2ccccc2C[C@@H](Oc2ncnc3sc(-c4ccc(F)cc4)c(-c4ccc(OCCN5CC[N+](C)(Cc6ccc(NC(=O)C(CCCNC(N)=O)NC(=O)C(N)C(C)C)cc6CN(C)C(=O)OCC6c7ccccc7-c7ccccc76)CC5)c(Cl)c4C)c23)C(=O)O)n1. The van der Waals surface area contributed by atoms with Crippen molar-refractivity contribution in [1.82, 2.24) is 40.4 Å². The van der Waals surface area contributed by atoms with Crippen molar-refractivity contribution in [1.29, 1.82) is 0 Å². The Bertz CT molecular complexity index is 4880. The fraction of sp³-hybridized carbons (Fsp3) is 0.305. The second kappa shape index (κ2) is 34.6. The summed E-state index contributed by atoms with van der Waals surface area (Å²) in [6.45, 7) is 10.6. The van der Waals surface area contributed by atoms with Crippen molar-refractivity contribution in [3.05, 3.63) is 220 Å². The third-order valence-electron chi connectivity index (χ3n) is 19.8. The van der Waals surface area contributed by atoms with E-state index < -0.39 is 53.9 Å². The van der Waals surface area contributed by atoms with Crippen LogP contribution >= 0.6 is 22.9 Å². The highest BCUT2D eigenvalue weighted by molar-refractivity contribution is 7.22. The van der Waals surface area contributed by atoms with Gasteiger partial charge in [-0.1, -0.05) is 129 Å². The summed E-state index contributed by atoms with van der Waals surface area (Å²) in [7, 11) is 5.49. The number of hydrogen-bond acceptors (Lipinski definition) is 17. The van der Waals surface area contributed by atoms with Crippen molar-refractivity contribution in [3.63, 3.8) is 0 Å². The number of fused-ring (bicyclic) bond motifs is 4. The molecule has 4 heterocycles. The molecule has 1 aliphatic carbocycles. The fourth-order valence-corrected chi connectivity index (χ4v) is 15.1. The minimum atomic E-state index is -1.45.